The van der Waals surface area contributed by atoms with Crippen molar-refractivity contribution < 1.29 is 21.6 Å². The maximum atomic E-state index is 13.5. The van der Waals surface area contributed by atoms with Crippen molar-refractivity contribution in [2.75, 3.05) is 45.1 Å². The Kier molecular flexibility index (Phi) is 9.56. The van der Waals surface area contributed by atoms with Crippen LogP contribution in [0, 0.1) is 6.92 Å². The van der Waals surface area contributed by atoms with Gasteiger partial charge in [0.05, 0.1) is 26.4 Å². The molecule has 0 radical (unpaired) electrons. The number of carbonyl (C=O) groups excluding carboxylic acids is 1. The first kappa shape index (κ1) is 30.4. The third kappa shape index (κ3) is 7.22. The molecule has 1 amide bonds. The summed E-state index contributed by atoms with van der Waals surface area (Å²) in [5, 5.41) is 3.26. The van der Waals surface area contributed by atoms with Crippen LogP contribution in [0.1, 0.15) is 11.1 Å². The molecule has 1 saturated heterocycles. The van der Waals surface area contributed by atoms with Crippen molar-refractivity contribution in [1.29, 1.82) is 0 Å². The second-order valence-electron chi connectivity index (χ2n) is 9.61. The van der Waals surface area contributed by atoms with Crippen LogP contribution < -0.4 is 5.32 Å². The molecule has 9 nitrogen and oxygen atoms in total. The van der Waals surface area contributed by atoms with Crippen LogP contribution in [0.4, 0.5) is 5.69 Å². The number of sulfonamides is 2. The van der Waals surface area contributed by atoms with E-state index < -0.39 is 32.5 Å². The average molecular weight is 626 g/mol. The molecule has 3 aromatic rings. The predicted molar refractivity (Wildman–Crippen MR) is 157 cm³/mol. The molecule has 0 saturated carbocycles. The molecular formula is C27H30Cl2N4O5S2. The van der Waals surface area contributed by atoms with E-state index in [0.717, 1.165) is 9.87 Å². The van der Waals surface area contributed by atoms with E-state index in [9.17, 15) is 21.6 Å². The Bertz CT molecular complexity index is 1570. The quantitative estimate of drug-likeness (QED) is 0.385. The fraction of sp³-hybridized carbons (Fsp3) is 0.296. The fourth-order valence-corrected chi connectivity index (χ4v) is 7.30. The lowest BCUT2D eigenvalue weighted by Gasteiger charge is -2.31. The van der Waals surface area contributed by atoms with Crippen LogP contribution >= 0.6 is 23.2 Å². The Labute approximate surface area is 245 Å². The third-order valence-corrected chi connectivity index (χ3v) is 11.0. The van der Waals surface area contributed by atoms with E-state index >= 15 is 0 Å². The number of anilines is 1. The van der Waals surface area contributed by atoms with Crippen molar-refractivity contribution in [3.63, 3.8) is 0 Å². The lowest BCUT2D eigenvalue weighted by Crippen LogP contribution is -2.46. The number of rotatable bonds is 9. The standard InChI is InChI=1S/C27H30Cl2N4O5S2/c1-20-3-8-23(9-4-20)40(37,38)33(18-21-5-12-25(28)26(29)17-21)19-27(34)30-22-6-10-24(11-7-22)39(35,36)32-15-13-31(2)14-16-32/h3-12,17H,13-16,18-19H2,1-2H3,(H,30,34). The van der Waals surface area contributed by atoms with Gasteiger partial charge in [0.2, 0.25) is 26.0 Å². The molecule has 214 valence electrons. The fourth-order valence-electron chi connectivity index (χ4n) is 4.18. The van der Waals surface area contributed by atoms with E-state index in [-0.39, 0.29) is 21.4 Å². The van der Waals surface area contributed by atoms with Gasteiger partial charge in [0.25, 0.3) is 0 Å². The Morgan fingerprint density at radius 3 is 2.05 bits per heavy atom. The zero-order valence-electron chi connectivity index (χ0n) is 22.0. The maximum absolute atomic E-state index is 13.5. The van der Waals surface area contributed by atoms with Gasteiger partial charge in [-0.05, 0) is 68.1 Å². The number of nitrogens with zero attached hydrogens (tertiary/aromatic N) is 3. The van der Waals surface area contributed by atoms with Crippen LogP contribution in [0.5, 0.6) is 0 Å². The smallest absolute Gasteiger partial charge is 0.243 e. The van der Waals surface area contributed by atoms with Crippen molar-refractivity contribution in [2.45, 2.75) is 23.3 Å². The minimum Gasteiger partial charge on any atom is -0.325 e. The number of nitrogens with one attached hydrogen (secondary N) is 1. The zero-order chi connectivity index (χ0) is 29.1. The summed E-state index contributed by atoms with van der Waals surface area (Å²) in [7, 11) is -5.77. The summed E-state index contributed by atoms with van der Waals surface area (Å²) >= 11 is 12.1. The van der Waals surface area contributed by atoms with Gasteiger partial charge in [-0.15, -0.1) is 0 Å². The normalized spacial score (nSPS) is 15.3. The SMILES string of the molecule is Cc1ccc(S(=O)(=O)N(CC(=O)Nc2ccc(S(=O)(=O)N3CCN(C)CC3)cc2)Cc2ccc(Cl)c(Cl)c2)cc1. The molecule has 1 N–H and O–H groups in total. The lowest BCUT2D eigenvalue weighted by atomic mass is 10.2. The summed E-state index contributed by atoms with van der Waals surface area (Å²) in [6.45, 7) is 3.34. The van der Waals surface area contributed by atoms with Crippen molar-refractivity contribution in [3.05, 3.63) is 87.9 Å². The summed E-state index contributed by atoms with van der Waals surface area (Å²) in [5.41, 5.74) is 1.78. The number of likely N-dealkylation sites (N-methyl/N-ethyl adjacent to an activating group) is 1. The van der Waals surface area contributed by atoms with Gasteiger partial charge in [-0.1, -0.05) is 47.0 Å². The van der Waals surface area contributed by atoms with Gasteiger partial charge in [-0.25, -0.2) is 16.8 Å². The van der Waals surface area contributed by atoms with E-state index in [4.69, 9.17) is 23.2 Å². The Morgan fingerprint density at radius 1 is 0.850 bits per heavy atom. The van der Waals surface area contributed by atoms with Crippen LogP contribution in [-0.2, 0) is 31.4 Å². The second kappa shape index (κ2) is 12.6. The van der Waals surface area contributed by atoms with Gasteiger partial charge in [0.1, 0.15) is 0 Å². The van der Waals surface area contributed by atoms with Gasteiger partial charge >= 0.3 is 0 Å². The van der Waals surface area contributed by atoms with Gasteiger partial charge in [0.15, 0.2) is 0 Å². The predicted octanol–water partition coefficient (Wildman–Crippen LogP) is 4.07. The third-order valence-electron chi connectivity index (χ3n) is 6.56. The molecule has 1 heterocycles. The molecule has 0 unspecified atom stereocenters. The lowest BCUT2D eigenvalue weighted by molar-refractivity contribution is -0.116. The molecule has 40 heavy (non-hydrogen) atoms. The molecule has 0 bridgehead atoms. The highest BCUT2D eigenvalue weighted by molar-refractivity contribution is 7.89. The Hall–Kier alpha value is -2.51. The molecule has 0 atom stereocenters. The zero-order valence-corrected chi connectivity index (χ0v) is 25.2. The largest absolute Gasteiger partial charge is 0.325 e. The first-order chi connectivity index (χ1) is 18.9. The topological polar surface area (TPSA) is 107 Å². The monoisotopic (exact) mass is 624 g/mol. The summed E-state index contributed by atoms with van der Waals surface area (Å²) in [4.78, 5) is 15.3. The first-order valence-corrected chi connectivity index (χ1v) is 16.1. The molecule has 0 spiro atoms. The minimum atomic E-state index is -4.06. The number of hydrogen-bond donors (Lipinski definition) is 1. The van der Waals surface area contributed by atoms with Gasteiger partial charge in [0, 0.05) is 38.4 Å². The molecule has 1 aliphatic heterocycles. The number of aryl methyl sites for hydroxylation is 1. The number of halogens is 2. The number of amides is 1. The number of piperazine rings is 1. The summed E-state index contributed by atoms with van der Waals surface area (Å²) in [6, 6.07) is 16.9. The van der Waals surface area contributed by atoms with Crippen LogP contribution in [-0.4, -0.2) is 76.0 Å². The van der Waals surface area contributed by atoms with Crippen molar-refractivity contribution in [3.8, 4) is 0 Å². The Balaban J connectivity index is 1.51. The minimum absolute atomic E-state index is 0.0458. The molecule has 1 fully saturated rings. The summed E-state index contributed by atoms with van der Waals surface area (Å²) < 4.78 is 55.5. The Morgan fingerprint density at radius 2 is 1.45 bits per heavy atom. The highest BCUT2D eigenvalue weighted by atomic mass is 35.5. The van der Waals surface area contributed by atoms with Gasteiger partial charge in [-0.3, -0.25) is 4.79 Å². The molecule has 0 aromatic heterocycles. The van der Waals surface area contributed by atoms with Crippen LogP contribution in [0.3, 0.4) is 0 Å². The number of benzene rings is 3. The van der Waals surface area contributed by atoms with E-state index in [1.54, 1.807) is 30.3 Å². The first-order valence-electron chi connectivity index (χ1n) is 12.5. The highest BCUT2D eigenvalue weighted by Gasteiger charge is 2.29. The molecular weight excluding hydrogens is 595 g/mol. The molecule has 1 aliphatic rings. The summed E-state index contributed by atoms with van der Waals surface area (Å²) in [5.74, 6) is -0.592. The van der Waals surface area contributed by atoms with E-state index in [1.165, 1.54) is 40.7 Å². The number of carbonyl (C=O) groups is 1. The van der Waals surface area contributed by atoms with Crippen LogP contribution in [0.25, 0.3) is 0 Å². The highest BCUT2D eigenvalue weighted by Crippen LogP contribution is 2.26. The van der Waals surface area contributed by atoms with Gasteiger partial charge in [-0.2, -0.15) is 8.61 Å². The molecule has 3 aromatic carbocycles. The van der Waals surface area contributed by atoms with Crippen LogP contribution in [0.2, 0.25) is 10.0 Å². The van der Waals surface area contributed by atoms with E-state index in [0.29, 0.717) is 42.5 Å². The molecule has 13 heteroatoms. The van der Waals surface area contributed by atoms with E-state index in [1.807, 2.05) is 14.0 Å². The number of hydrogen-bond acceptors (Lipinski definition) is 6. The van der Waals surface area contributed by atoms with Crippen molar-refractivity contribution >= 4 is 54.8 Å². The van der Waals surface area contributed by atoms with E-state index in [2.05, 4.69) is 10.2 Å². The molecule has 0 aliphatic carbocycles. The summed E-state index contributed by atoms with van der Waals surface area (Å²) in [6.07, 6.45) is 0. The average Bonchev–Trinajstić information content (AvgIpc) is 2.91. The second-order valence-corrected chi connectivity index (χ2v) is 14.3. The maximum Gasteiger partial charge on any atom is 0.243 e. The van der Waals surface area contributed by atoms with Crippen molar-refractivity contribution in [1.82, 2.24) is 13.5 Å². The van der Waals surface area contributed by atoms with Gasteiger partial charge < -0.3 is 10.2 Å². The van der Waals surface area contributed by atoms with Crippen LogP contribution in [0.15, 0.2) is 76.5 Å². The van der Waals surface area contributed by atoms with Crippen molar-refractivity contribution in [2.24, 2.45) is 0 Å². The molecule has 4 rings (SSSR count).